The number of carbonyl (C=O) groups excluding carboxylic acids is 1. The molecule has 98 valence electrons. The molecule has 0 aliphatic carbocycles. The molecule has 5 N–H and O–H groups in total. The van der Waals surface area contributed by atoms with Crippen molar-refractivity contribution < 1.29 is 4.79 Å². The van der Waals surface area contributed by atoms with E-state index in [0.717, 1.165) is 11.3 Å². The Labute approximate surface area is 111 Å². The summed E-state index contributed by atoms with van der Waals surface area (Å²) in [5.74, 6) is -0.472. The smallest absolute Gasteiger partial charge is 0.248 e. The number of primary amides is 1. The van der Waals surface area contributed by atoms with Crippen LogP contribution in [0.15, 0.2) is 36.5 Å². The zero-order chi connectivity index (χ0) is 13.8. The van der Waals surface area contributed by atoms with Gasteiger partial charge in [0.05, 0.1) is 11.4 Å². The second-order valence-electron chi connectivity index (χ2n) is 4.33. The van der Waals surface area contributed by atoms with Gasteiger partial charge in [0.1, 0.15) is 0 Å². The Morgan fingerprint density at radius 3 is 2.74 bits per heavy atom. The fraction of sp³-hybridized carbons (Fsp3) is 0.143. The van der Waals surface area contributed by atoms with Crippen LogP contribution in [0.3, 0.4) is 0 Å². The molecule has 2 rings (SSSR count). The van der Waals surface area contributed by atoms with Crippen LogP contribution >= 0.6 is 0 Å². The number of hydrogen-bond donors (Lipinski definition) is 3. The molecule has 0 spiro atoms. The summed E-state index contributed by atoms with van der Waals surface area (Å²) < 4.78 is 0. The van der Waals surface area contributed by atoms with Gasteiger partial charge in [-0.05, 0) is 36.8 Å². The number of amides is 1. The molecule has 1 amide bonds. The first-order valence-corrected chi connectivity index (χ1v) is 5.91. The number of carbonyl (C=O) groups is 1. The van der Waals surface area contributed by atoms with Crippen molar-refractivity contribution in [3.05, 3.63) is 53.3 Å². The first kappa shape index (κ1) is 12.9. The van der Waals surface area contributed by atoms with Gasteiger partial charge in [0.15, 0.2) is 0 Å². The number of nitrogens with one attached hydrogen (secondary N) is 1. The van der Waals surface area contributed by atoms with E-state index in [2.05, 4.69) is 10.3 Å². The molecule has 5 heteroatoms. The molecule has 1 aromatic heterocycles. The maximum Gasteiger partial charge on any atom is 0.248 e. The highest BCUT2D eigenvalue weighted by molar-refractivity contribution is 5.94. The molecule has 1 aromatic carbocycles. The Morgan fingerprint density at radius 2 is 2.11 bits per heavy atom. The summed E-state index contributed by atoms with van der Waals surface area (Å²) in [7, 11) is 0. The lowest BCUT2D eigenvalue weighted by molar-refractivity contribution is 0.100. The minimum Gasteiger partial charge on any atom is -0.397 e. The Balaban J connectivity index is 2.12. The van der Waals surface area contributed by atoms with E-state index in [4.69, 9.17) is 11.5 Å². The van der Waals surface area contributed by atoms with Gasteiger partial charge in [-0.15, -0.1) is 0 Å². The van der Waals surface area contributed by atoms with E-state index >= 15 is 0 Å². The molecule has 0 fully saturated rings. The van der Waals surface area contributed by atoms with Crippen molar-refractivity contribution in [3.8, 4) is 0 Å². The lowest BCUT2D eigenvalue weighted by Gasteiger charge is -2.10. The van der Waals surface area contributed by atoms with E-state index in [-0.39, 0.29) is 0 Å². The number of anilines is 2. The third-order valence-corrected chi connectivity index (χ3v) is 2.79. The third-order valence-electron chi connectivity index (χ3n) is 2.79. The van der Waals surface area contributed by atoms with E-state index in [1.807, 2.05) is 19.1 Å². The van der Waals surface area contributed by atoms with Crippen molar-refractivity contribution in [2.45, 2.75) is 13.5 Å². The molecule has 19 heavy (non-hydrogen) atoms. The number of aryl methyl sites for hydroxylation is 1. The molecule has 0 saturated heterocycles. The summed E-state index contributed by atoms with van der Waals surface area (Å²) in [6.45, 7) is 2.52. The summed E-state index contributed by atoms with van der Waals surface area (Å²) in [5, 5.41) is 3.17. The van der Waals surface area contributed by atoms with Gasteiger partial charge in [0.25, 0.3) is 0 Å². The van der Waals surface area contributed by atoms with E-state index in [1.165, 1.54) is 0 Å². The molecule has 0 atom stereocenters. The van der Waals surface area contributed by atoms with Gasteiger partial charge < -0.3 is 16.8 Å². The topological polar surface area (TPSA) is 94.0 Å². The maximum absolute atomic E-state index is 11.1. The monoisotopic (exact) mass is 256 g/mol. The minimum absolute atomic E-state index is 0.429. The molecule has 0 radical (unpaired) electrons. The van der Waals surface area contributed by atoms with E-state index < -0.39 is 5.91 Å². The second kappa shape index (κ2) is 5.39. The van der Waals surface area contributed by atoms with E-state index in [9.17, 15) is 4.79 Å². The van der Waals surface area contributed by atoms with E-state index in [0.29, 0.717) is 23.5 Å². The molecule has 1 heterocycles. The summed E-state index contributed by atoms with van der Waals surface area (Å²) in [6, 6.07) is 8.86. The van der Waals surface area contributed by atoms with Crippen LogP contribution < -0.4 is 16.8 Å². The summed E-state index contributed by atoms with van der Waals surface area (Å²) in [6.07, 6.45) is 1.80. The SMILES string of the molecule is Cc1ccc(CNc2cc(C(N)=O)ccc2N)cn1. The number of nitrogens with zero attached hydrogens (tertiary/aromatic N) is 1. The molecular weight excluding hydrogens is 240 g/mol. The highest BCUT2D eigenvalue weighted by Crippen LogP contribution is 2.20. The predicted octanol–water partition coefficient (Wildman–Crippen LogP) is 1.68. The first-order chi connectivity index (χ1) is 9.06. The zero-order valence-corrected chi connectivity index (χ0v) is 10.7. The molecule has 0 aliphatic rings. The van der Waals surface area contributed by atoms with Gasteiger partial charge in [0, 0.05) is 24.0 Å². The summed E-state index contributed by atoms with van der Waals surface area (Å²) >= 11 is 0. The molecule has 0 bridgehead atoms. The highest BCUT2D eigenvalue weighted by Gasteiger charge is 2.05. The van der Waals surface area contributed by atoms with Crippen LogP contribution in [0.1, 0.15) is 21.6 Å². The van der Waals surface area contributed by atoms with Crippen LogP contribution in [-0.2, 0) is 6.54 Å². The highest BCUT2D eigenvalue weighted by atomic mass is 16.1. The molecule has 0 saturated carbocycles. The summed E-state index contributed by atoms with van der Waals surface area (Å²) in [4.78, 5) is 15.3. The number of nitrogen functional groups attached to an aromatic ring is 1. The molecule has 0 unspecified atom stereocenters. The van der Waals surface area contributed by atoms with Crippen LogP contribution in [0.5, 0.6) is 0 Å². The Kier molecular flexibility index (Phi) is 3.66. The number of pyridine rings is 1. The zero-order valence-electron chi connectivity index (χ0n) is 10.7. The van der Waals surface area contributed by atoms with Gasteiger partial charge in [-0.2, -0.15) is 0 Å². The van der Waals surface area contributed by atoms with Gasteiger partial charge >= 0.3 is 0 Å². The number of aromatic nitrogens is 1. The largest absolute Gasteiger partial charge is 0.397 e. The van der Waals surface area contributed by atoms with Crippen molar-refractivity contribution in [2.75, 3.05) is 11.1 Å². The standard InChI is InChI=1S/C14H16N4O/c1-9-2-3-10(7-17-9)8-18-13-6-11(14(16)19)4-5-12(13)15/h2-7,18H,8,15H2,1H3,(H2,16,19). The lowest BCUT2D eigenvalue weighted by Crippen LogP contribution is -2.12. The molecule has 5 nitrogen and oxygen atoms in total. The number of rotatable bonds is 4. The average molecular weight is 256 g/mol. The van der Waals surface area contributed by atoms with Crippen LogP contribution in [0.2, 0.25) is 0 Å². The quantitative estimate of drug-likeness (QED) is 0.725. The molecule has 0 aliphatic heterocycles. The van der Waals surface area contributed by atoms with Gasteiger partial charge in [-0.3, -0.25) is 9.78 Å². The predicted molar refractivity (Wildman–Crippen MR) is 75.7 cm³/mol. The van der Waals surface area contributed by atoms with Crippen LogP contribution in [0, 0.1) is 6.92 Å². The third kappa shape index (κ3) is 3.22. The van der Waals surface area contributed by atoms with Crippen molar-refractivity contribution in [3.63, 3.8) is 0 Å². The van der Waals surface area contributed by atoms with Crippen molar-refractivity contribution in [1.82, 2.24) is 4.98 Å². The molecular formula is C14H16N4O. The molecule has 2 aromatic rings. The number of benzene rings is 1. The van der Waals surface area contributed by atoms with Gasteiger partial charge in [-0.1, -0.05) is 6.07 Å². The van der Waals surface area contributed by atoms with Crippen LogP contribution in [0.4, 0.5) is 11.4 Å². The normalized spacial score (nSPS) is 10.2. The fourth-order valence-corrected chi connectivity index (χ4v) is 1.66. The van der Waals surface area contributed by atoms with Crippen LogP contribution in [-0.4, -0.2) is 10.9 Å². The Hall–Kier alpha value is -2.56. The summed E-state index contributed by atoms with van der Waals surface area (Å²) in [5.41, 5.74) is 14.8. The van der Waals surface area contributed by atoms with E-state index in [1.54, 1.807) is 24.4 Å². The van der Waals surface area contributed by atoms with Crippen LogP contribution in [0.25, 0.3) is 0 Å². The number of hydrogen-bond acceptors (Lipinski definition) is 4. The van der Waals surface area contributed by atoms with Crippen molar-refractivity contribution in [1.29, 1.82) is 0 Å². The van der Waals surface area contributed by atoms with Gasteiger partial charge in [-0.25, -0.2) is 0 Å². The van der Waals surface area contributed by atoms with Gasteiger partial charge in [0.2, 0.25) is 5.91 Å². The Morgan fingerprint density at radius 1 is 1.32 bits per heavy atom. The first-order valence-electron chi connectivity index (χ1n) is 5.91. The number of nitrogens with two attached hydrogens (primary N) is 2. The average Bonchev–Trinajstić information content (AvgIpc) is 2.39. The minimum atomic E-state index is -0.472. The lowest BCUT2D eigenvalue weighted by atomic mass is 10.1. The van der Waals surface area contributed by atoms with Crippen molar-refractivity contribution in [2.24, 2.45) is 5.73 Å². The fourth-order valence-electron chi connectivity index (χ4n) is 1.66. The van der Waals surface area contributed by atoms with Crippen molar-refractivity contribution >= 4 is 17.3 Å². The second-order valence-corrected chi connectivity index (χ2v) is 4.33. The maximum atomic E-state index is 11.1. The Bertz CT molecular complexity index is 593.